The Morgan fingerprint density at radius 2 is 1.32 bits per heavy atom. The van der Waals surface area contributed by atoms with Crippen LogP contribution in [0.25, 0.3) is 0 Å². The van der Waals surface area contributed by atoms with E-state index in [1.807, 2.05) is 6.92 Å². The van der Waals surface area contributed by atoms with Gasteiger partial charge < -0.3 is 9.66 Å². The summed E-state index contributed by atoms with van der Waals surface area (Å²) < 4.78 is 33.2. The van der Waals surface area contributed by atoms with Gasteiger partial charge in [0.25, 0.3) is 0 Å². The normalized spacial score (nSPS) is 14.4. The maximum atomic E-state index is 11.1. The largest absolute Gasteiger partial charge is 1.00 e. The Morgan fingerprint density at radius 1 is 0.818 bits per heavy atom. The van der Waals surface area contributed by atoms with Crippen LogP contribution in [-0.2, 0) is 10.1 Å². The summed E-state index contributed by atoms with van der Waals surface area (Å²) in [4.78, 5) is 0. The second kappa shape index (κ2) is 16.0. The van der Waals surface area contributed by atoms with Crippen LogP contribution in [0.15, 0.2) is 0 Å². The molecule has 0 aliphatic heterocycles. The molecule has 0 aromatic carbocycles. The molecule has 0 aromatic heterocycles. The van der Waals surface area contributed by atoms with Gasteiger partial charge in [-0.15, -0.1) is 0 Å². The summed E-state index contributed by atoms with van der Waals surface area (Å²) in [5.41, 5.74) is 0. The van der Waals surface area contributed by atoms with Crippen LogP contribution in [-0.4, -0.2) is 29.4 Å². The standard InChI is InChI=1S/C16H34O4S.K/c1-3-5-6-7-8-12-15(17)13-9-10-14-16(11-4-2)21(18,19)20;/h15-17H,3-14H2,1-2H3,(H,18,19,20);/q;+1/p-1. The van der Waals surface area contributed by atoms with Gasteiger partial charge in [-0.2, -0.15) is 0 Å². The van der Waals surface area contributed by atoms with E-state index in [9.17, 15) is 18.1 Å². The van der Waals surface area contributed by atoms with Gasteiger partial charge in [0.2, 0.25) is 0 Å². The first-order valence-corrected chi connectivity index (χ1v) is 10.0. The molecule has 0 rings (SSSR count). The number of rotatable bonds is 14. The summed E-state index contributed by atoms with van der Waals surface area (Å²) >= 11 is 0. The number of aliphatic hydroxyl groups excluding tert-OH is 1. The van der Waals surface area contributed by atoms with E-state index >= 15 is 0 Å². The summed E-state index contributed by atoms with van der Waals surface area (Å²) in [5.74, 6) is 0. The van der Waals surface area contributed by atoms with E-state index in [0.29, 0.717) is 32.1 Å². The molecule has 0 radical (unpaired) electrons. The predicted octanol–water partition coefficient (Wildman–Crippen LogP) is 0.986. The molecule has 0 heterocycles. The average molecular weight is 361 g/mol. The third-order valence-electron chi connectivity index (χ3n) is 3.97. The first-order chi connectivity index (χ1) is 9.91. The van der Waals surface area contributed by atoms with E-state index in [-0.39, 0.29) is 57.5 Å². The Morgan fingerprint density at radius 3 is 1.82 bits per heavy atom. The fourth-order valence-corrected chi connectivity index (χ4v) is 3.61. The first-order valence-electron chi connectivity index (χ1n) is 8.54. The van der Waals surface area contributed by atoms with Crippen LogP contribution in [0.4, 0.5) is 0 Å². The van der Waals surface area contributed by atoms with Gasteiger partial charge in [-0.3, -0.25) is 0 Å². The zero-order valence-corrected chi connectivity index (χ0v) is 18.7. The molecular formula is C16H33KO4S. The topological polar surface area (TPSA) is 77.4 Å². The maximum absolute atomic E-state index is 11.1. The Bertz CT molecular complexity index is 333. The first kappa shape index (κ1) is 25.7. The minimum Gasteiger partial charge on any atom is -0.748 e. The zero-order chi connectivity index (χ0) is 16.1. The number of hydrogen-bond donors (Lipinski definition) is 1. The van der Waals surface area contributed by atoms with Crippen LogP contribution >= 0.6 is 0 Å². The molecule has 22 heavy (non-hydrogen) atoms. The second-order valence-electron chi connectivity index (χ2n) is 6.04. The van der Waals surface area contributed by atoms with Gasteiger partial charge in [-0.1, -0.05) is 65.2 Å². The van der Waals surface area contributed by atoms with Crippen LogP contribution in [0, 0.1) is 0 Å². The molecule has 2 atom stereocenters. The monoisotopic (exact) mass is 360 g/mol. The van der Waals surface area contributed by atoms with E-state index < -0.39 is 15.4 Å². The Labute approximate surface area is 180 Å². The second-order valence-corrected chi connectivity index (χ2v) is 7.70. The molecule has 0 saturated heterocycles. The van der Waals surface area contributed by atoms with Crippen molar-refractivity contribution in [1.82, 2.24) is 0 Å². The van der Waals surface area contributed by atoms with Gasteiger partial charge in [0.15, 0.2) is 0 Å². The van der Waals surface area contributed by atoms with Gasteiger partial charge >= 0.3 is 51.4 Å². The average Bonchev–Trinajstić information content (AvgIpc) is 2.41. The summed E-state index contributed by atoms with van der Waals surface area (Å²) in [6.45, 7) is 4.07. The summed E-state index contributed by atoms with van der Waals surface area (Å²) in [5, 5.41) is 9.11. The molecule has 4 nitrogen and oxygen atoms in total. The third kappa shape index (κ3) is 15.1. The molecule has 0 aliphatic carbocycles. The number of aliphatic hydroxyl groups is 1. The van der Waals surface area contributed by atoms with Gasteiger partial charge in [0.1, 0.15) is 0 Å². The van der Waals surface area contributed by atoms with Crippen molar-refractivity contribution >= 4 is 10.1 Å². The van der Waals surface area contributed by atoms with Crippen molar-refractivity contribution in [2.24, 2.45) is 0 Å². The Balaban J connectivity index is 0. The van der Waals surface area contributed by atoms with Crippen molar-refractivity contribution in [3.63, 3.8) is 0 Å². The van der Waals surface area contributed by atoms with Crippen molar-refractivity contribution < 1.29 is 69.5 Å². The number of hydrogen-bond acceptors (Lipinski definition) is 4. The van der Waals surface area contributed by atoms with Crippen LogP contribution in [0.2, 0.25) is 0 Å². The van der Waals surface area contributed by atoms with Crippen molar-refractivity contribution in [3.8, 4) is 0 Å². The quantitative estimate of drug-likeness (QED) is 0.285. The Kier molecular flexibility index (Phi) is 18.7. The Hall–Kier alpha value is 1.51. The third-order valence-corrected chi connectivity index (χ3v) is 5.26. The van der Waals surface area contributed by atoms with Gasteiger partial charge in [0, 0.05) is 5.25 Å². The molecule has 0 aromatic rings. The van der Waals surface area contributed by atoms with Crippen molar-refractivity contribution in [3.05, 3.63) is 0 Å². The molecule has 0 spiro atoms. The summed E-state index contributed by atoms with van der Waals surface area (Å²) in [7, 11) is -4.16. The minimum absolute atomic E-state index is 0. The summed E-state index contributed by atoms with van der Waals surface area (Å²) in [6, 6.07) is 0. The van der Waals surface area contributed by atoms with E-state index in [2.05, 4.69) is 6.92 Å². The molecule has 128 valence electrons. The van der Waals surface area contributed by atoms with Gasteiger partial charge in [0.05, 0.1) is 16.2 Å². The molecular weight excluding hydrogens is 327 g/mol. The fourth-order valence-electron chi connectivity index (χ4n) is 2.63. The van der Waals surface area contributed by atoms with E-state index in [1.165, 1.54) is 25.7 Å². The van der Waals surface area contributed by atoms with E-state index in [0.717, 1.165) is 19.3 Å². The molecule has 0 aliphatic rings. The van der Waals surface area contributed by atoms with Crippen molar-refractivity contribution in [1.29, 1.82) is 0 Å². The maximum Gasteiger partial charge on any atom is 1.00 e. The predicted molar refractivity (Wildman–Crippen MR) is 86.2 cm³/mol. The molecule has 6 heteroatoms. The smallest absolute Gasteiger partial charge is 0.748 e. The minimum atomic E-state index is -4.16. The van der Waals surface area contributed by atoms with Gasteiger partial charge in [-0.05, 0) is 25.7 Å². The zero-order valence-electron chi connectivity index (χ0n) is 14.7. The van der Waals surface area contributed by atoms with Crippen LogP contribution in [0.1, 0.15) is 90.9 Å². The SMILES string of the molecule is CCCCCCCC(O)CCCCC(CCC)S(=O)(=O)[O-].[K+]. The molecule has 2 unspecified atom stereocenters. The van der Waals surface area contributed by atoms with Crippen molar-refractivity contribution in [2.75, 3.05) is 0 Å². The molecule has 0 saturated carbocycles. The van der Waals surface area contributed by atoms with Crippen LogP contribution in [0.3, 0.4) is 0 Å². The fraction of sp³-hybridized carbons (Fsp3) is 1.00. The molecule has 1 N–H and O–H groups in total. The van der Waals surface area contributed by atoms with E-state index in [4.69, 9.17) is 0 Å². The van der Waals surface area contributed by atoms with Crippen LogP contribution in [0.5, 0.6) is 0 Å². The van der Waals surface area contributed by atoms with Crippen LogP contribution < -0.4 is 51.4 Å². The molecule has 0 fully saturated rings. The van der Waals surface area contributed by atoms with Crippen molar-refractivity contribution in [2.45, 2.75) is 102 Å². The summed E-state index contributed by atoms with van der Waals surface area (Å²) in [6.07, 6.45) is 10.3. The van der Waals surface area contributed by atoms with Gasteiger partial charge in [-0.25, -0.2) is 8.42 Å². The van der Waals surface area contributed by atoms with E-state index in [1.54, 1.807) is 0 Å². The number of unbranched alkanes of at least 4 members (excludes halogenated alkanes) is 5. The molecule has 0 bridgehead atoms. The molecule has 0 amide bonds.